The maximum Gasteiger partial charge on any atom is 0.237 e. The molecule has 0 bridgehead atoms. The highest BCUT2D eigenvalue weighted by molar-refractivity contribution is 6.31. The van der Waals surface area contributed by atoms with Gasteiger partial charge in [-0.15, -0.1) is 0 Å². The highest BCUT2D eigenvalue weighted by atomic mass is 35.5. The molecule has 1 unspecified atom stereocenters. The van der Waals surface area contributed by atoms with Gasteiger partial charge in [-0.2, -0.15) is 0 Å². The van der Waals surface area contributed by atoms with Gasteiger partial charge >= 0.3 is 0 Å². The zero-order chi connectivity index (χ0) is 20.9. The van der Waals surface area contributed by atoms with Gasteiger partial charge in [-0.3, -0.25) is 9.59 Å². The fourth-order valence-corrected chi connectivity index (χ4v) is 4.38. The zero-order valence-electron chi connectivity index (χ0n) is 15.8. The third-order valence-electron chi connectivity index (χ3n) is 5.40. The van der Waals surface area contributed by atoms with Crippen molar-refractivity contribution in [3.8, 4) is 5.75 Å². The van der Waals surface area contributed by atoms with E-state index in [0.717, 1.165) is 6.07 Å². The number of carbonyl (C=O) groups excluding carboxylic acids is 2. The van der Waals surface area contributed by atoms with E-state index >= 15 is 4.39 Å². The Hall–Kier alpha value is -2.67. The second-order valence-electron chi connectivity index (χ2n) is 7.56. The minimum atomic E-state index is -1.31. The van der Waals surface area contributed by atoms with Crippen LogP contribution in [0.15, 0.2) is 30.3 Å². The highest BCUT2D eigenvalue weighted by Crippen LogP contribution is 2.53. The summed E-state index contributed by atoms with van der Waals surface area (Å²) >= 11 is 6.05. The molecule has 2 aliphatic rings. The molecule has 0 aliphatic carbocycles. The largest absolute Gasteiger partial charge is 0.491 e. The minimum Gasteiger partial charge on any atom is -0.491 e. The number of ether oxygens (including phenoxy) is 1. The van der Waals surface area contributed by atoms with Crippen LogP contribution in [-0.4, -0.2) is 17.9 Å². The quantitative estimate of drug-likeness (QED) is 0.780. The van der Waals surface area contributed by atoms with E-state index in [1.165, 1.54) is 6.07 Å². The molecule has 2 atom stereocenters. The lowest BCUT2D eigenvalue weighted by atomic mass is 9.67. The van der Waals surface area contributed by atoms with Gasteiger partial charge in [-0.05, 0) is 50.1 Å². The normalized spacial score (nSPS) is 23.2. The molecule has 29 heavy (non-hydrogen) atoms. The zero-order valence-corrected chi connectivity index (χ0v) is 16.6. The van der Waals surface area contributed by atoms with Crippen LogP contribution in [0.4, 0.5) is 14.5 Å². The number of fused-ring (bicyclic) bond motifs is 2. The molecule has 2 aromatic rings. The minimum absolute atomic E-state index is 0.0727. The Morgan fingerprint density at radius 3 is 2.69 bits per heavy atom. The van der Waals surface area contributed by atoms with Crippen molar-refractivity contribution in [2.24, 2.45) is 0 Å². The molecule has 0 aromatic heterocycles. The van der Waals surface area contributed by atoms with Crippen molar-refractivity contribution in [1.82, 2.24) is 5.32 Å². The van der Waals surface area contributed by atoms with E-state index in [0.29, 0.717) is 16.3 Å². The lowest BCUT2D eigenvalue weighted by Gasteiger charge is -2.41. The molecule has 2 heterocycles. The monoisotopic (exact) mass is 420 g/mol. The maximum absolute atomic E-state index is 15.1. The van der Waals surface area contributed by atoms with Crippen LogP contribution in [0.5, 0.6) is 5.75 Å². The third-order valence-corrected chi connectivity index (χ3v) is 5.64. The van der Waals surface area contributed by atoms with E-state index in [1.807, 2.05) is 0 Å². The van der Waals surface area contributed by atoms with Crippen molar-refractivity contribution < 1.29 is 23.1 Å². The Kier molecular flexibility index (Phi) is 4.73. The molecule has 2 N–H and O–H groups in total. The van der Waals surface area contributed by atoms with Crippen molar-refractivity contribution in [2.75, 3.05) is 5.32 Å². The predicted molar refractivity (Wildman–Crippen MR) is 104 cm³/mol. The number of hydrogen-bond donors (Lipinski definition) is 2. The first kappa shape index (κ1) is 19.6. The fraction of sp³-hybridized carbons (Fsp3) is 0.333. The van der Waals surface area contributed by atoms with Crippen LogP contribution in [-0.2, 0) is 15.0 Å². The Labute approximate surface area is 171 Å². The third kappa shape index (κ3) is 3.04. The molecule has 1 fully saturated rings. The molecule has 0 saturated carbocycles. The molecule has 1 spiro atoms. The van der Waals surface area contributed by atoms with Crippen LogP contribution < -0.4 is 15.4 Å². The first-order valence-corrected chi connectivity index (χ1v) is 9.67. The van der Waals surface area contributed by atoms with Crippen molar-refractivity contribution in [3.05, 3.63) is 58.1 Å². The van der Waals surface area contributed by atoms with E-state index in [4.69, 9.17) is 16.3 Å². The second kappa shape index (κ2) is 6.99. The summed E-state index contributed by atoms with van der Waals surface area (Å²) in [6, 6.07) is 6.05. The number of amides is 2. The van der Waals surface area contributed by atoms with Crippen molar-refractivity contribution in [1.29, 1.82) is 0 Å². The first-order valence-electron chi connectivity index (χ1n) is 9.29. The number of piperidine rings is 1. The van der Waals surface area contributed by atoms with Gasteiger partial charge in [0.15, 0.2) is 11.6 Å². The van der Waals surface area contributed by atoms with Gasteiger partial charge in [0.1, 0.15) is 11.2 Å². The lowest BCUT2D eigenvalue weighted by Crippen LogP contribution is -2.53. The molecular formula is C21H19ClF2N2O3. The van der Waals surface area contributed by atoms with Gasteiger partial charge in [0.25, 0.3) is 0 Å². The molecular weight excluding hydrogens is 402 g/mol. The summed E-state index contributed by atoms with van der Waals surface area (Å²) in [4.78, 5) is 25.4. The number of anilines is 1. The average Bonchev–Trinajstić information content (AvgIpc) is 2.92. The number of hydrogen-bond acceptors (Lipinski definition) is 3. The SMILES string of the molecule is CC(C)Oc1ccc(F)c(F)c1C1NC(=O)CC[C@]12C(=O)Nc1cc(Cl)ccc12. The second-order valence-corrected chi connectivity index (χ2v) is 7.99. The van der Waals surface area contributed by atoms with Crippen molar-refractivity contribution >= 4 is 29.1 Å². The first-order chi connectivity index (χ1) is 13.7. The Morgan fingerprint density at radius 2 is 1.97 bits per heavy atom. The summed E-state index contributed by atoms with van der Waals surface area (Å²) in [5.74, 6) is -2.90. The molecule has 0 radical (unpaired) electrons. The fourth-order valence-electron chi connectivity index (χ4n) is 4.20. The summed E-state index contributed by atoms with van der Waals surface area (Å²) in [6.45, 7) is 3.50. The molecule has 2 aromatic carbocycles. The smallest absolute Gasteiger partial charge is 0.237 e. The number of halogens is 3. The van der Waals surface area contributed by atoms with E-state index < -0.39 is 29.0 Å². The molecule has 2 amide bonds. The Bertz CT molecular complexity index is 1030. The van der Waals surface area contributed by atoms with Crippen molar-refractivity contribution in [2.45, 2.75) is 44.2 Å². The van der Waals surface area contributed by atoms with Crippen LogP contribution in [0.25, 0.3) is 0 Å². The lowest BCUT2D eigenvalue weighted by molar-refractivity contribution is -0.130. The average molecular weight is 421 g/mol. The molecule has 1 saturated heterocycles. The number of carbonyl (C=O) groups is 2. The predicted octanol–water partition coefficient (Wildman–Crippen LogP) is 4.25. The van der Waals surface area contributed by atoms with Gasteiger partial charge in [-0.25, -0.2) is 8.78 Å². The Morgan fingerprint density at radius 1 is 1.21 bits per heavy atom. The standard InChI is InChI=1S/C21H19ClF2N2O3/c1-10(2)29-15-6-5-13(23)18(24)17(15)19-21(8-7-16(27)26-19)12-4-3-11(22)9-14(12)25-20(21)28/h3-6,9-10,19H,7-8H2,1-2H3,(H,25,28)(H,26,27)/t19?,21-/m1/s1. The topological polar surface area (TPSA) is 67.4 Å². The van der Waals surface area contributed by atoms with Gasteiger partial charge in [0, 0.05) is 17.1 Å². The summed E-state index contributed by atoms with van der Waals surface area (Å²) in [7, 11) is 0. The summed E-state index contributed by atoms with van der Waals surface area (Å²) in [6.07, 6.45) is -0.109. The molecule has 152 valence electrons. The summed E-state index contributed by atoms with van der Waals surface area (Å²) in [5.41, 5.74) is -0.412. The van der Waals surface area contributed by atoms with Crippen molar-refractivity contribution in [3.63, 3.8) is 0 Å². The number of nitrogens with one attached hydrogen (secondary N) is 2. The molecule has 2 aliphatic heterocycles. The summed E-state index contributed by atoms with van der Waals surface area (Å²) in [5, 5.41) is 5.92. The van der Waals surface area contributed by atoms with E-state index in [9.17, 15) is 14.0 Å². The Balaban J connectivity index is 1.96. The van der Waals surface area contributed by atoms with E-state index in [-0.39, 0.29) is 36.2 Å². The van der Waals surface area contributed by atoms with Crippen LogP contribution >= 0.6 is 11.6 Å². The van der Waals surface area contributed by atoms with Gasteiger partial charge < -0.3 is 15.4 Å². The molecule has 8 heteroatoms. The number of rotatable bonds is 3. The van der Waals surface area contributed by atoms with Gasteiger partial charge in [-0.1, -0.05) is 17.7 Å². The van der Waals surface area contributed by atoms with Gasteiger partial charge in [0.2, 0.25) is 11.8 Å². The highest BCUT2D eigenvalue weighted by Gasteiger charge is 2.56. The van der Waals surface area contributed by atoms with E-state index in [2.05, 4.69) is 10.6 Å². The van der Waals surface area contributed by atoms with Crippen LogP contribution in [0.3, 0.4) is 0 Å². The molecule has 4 rings (SSSR count). The maximum atomic E-state index is 15.1. The van der Waals surface area contributed by atoms with Crippen LogP contribution in [0.1, 0.15) is 43.9 Å². The number of benzene rings is 2. The van der Waals surface area contributed by atoms with Crippen LogP contribution in [0.2, 0.25) is 5.02 Å². The molecule has 5 nitrogen and oxygen atoms in total. The van der Waals surface area contributed by atoms with Gasteiger partial charge in [0.05, 0.1) is 17.7 Å². The summed E-state index contributed by atoms with van der Waals surface area (Å²) < 4.78 is 35.0. The van der Waals surface area contributed by atoms with E-state index in [1.54, 1.807) is 32.0 Å². The van der Waals surface area contributed by atoms with Crippen LogP contribution in [0, 0.1) is 11.6 Å².